The third kappa shape index (κ3) is 4.90. The molecule has 1 atom stereocenters. The van der Waals surface area contributed by atoms with Gasteiger partial charge in [-0.2, -0.15) is 0 Å². The molecule has 2 saturated heterocycles. The Hall–Kier alpha value is -3.98. The lowest BCUT2D eigenvalue weighted by molar-refractivity contribution is 0.00212. The fourth-order valence-electron chi connectivity index (χ4n) is 6.56. The highest BCUT2D eigenvalue weighted by Crippen LogP contribution is 2.42. The van der Waals surface area contributed by atoms with E-state index in [1.807, 2.05) is 42.7 Å². The third-order valence-corrected chi connectivity index (χ3v) is 9.01. The molecule has 40 heavy (non-hydrogen) atoms. The van der Waals surface area contributed by atoms with Crippen LogP contribution in [0.4, 0.5) is 5.69 Å². The summed E-state index contributed by atoms with van der Waals surface area (Å²) in [5, 5.41) is 10.3. The molecule has 206 valence electrons. The lowest BCUT2D eigenvalue weighted by Gasteiger charge is -2.45. The number of hydrogen-bond donors (Lipinski definition) is 2. The van der Waals surface area contributed by atoms with E-state index in [4.69, 9.17) is 4.74 Å². The molecule has 2 fully saturated rings. The van der Waals surface area contributed by atoms with Crippen LogP contribution in [0.5, 0.6) is 0 Å². The molecule has 9 heteroatoms. The van der Waals surface area contributed by atoms with Gasteiger partial charge >= 0.3 is 0 Å². The molecule has 3 aliphatic heterocycles. The summed E-state index contributed by atoms with van der Waals surface area (Å²) in [6.07, 6.45) is 10.9. The summed E-state index contributed by atoms with van der Waals surface area (Å²) in [5.41, 5.74) is 5.25. The van der Waals surface area contributed by atoms with Gasteiger partial charge in [0.2, 0.25) is 5.82 Å². The quantitative estimate of drug-likeness (QED) is 0.392. The van der Waals surface area contributed by atoms with Crippen LogP contribution in [-0.2, 0) is 17.6 Å². The number of nitrogens with zero attached hydrogens (tertiary/aromatic N) is 5. The summed E-state index contributed by atoms with van der Waals surface area (Å²) in [4.78, 5) is 24.8. The van der Waals surface area contributed by atoms with E-state index in [2.05, 4.69) is 53.1 Å². The van der Waals surface area contributed by atoms with Crippen LogP contribution in [0.1, 0.15) is 71.5 Å². The number of benzene rings is 2. The van der Waals surface area contributed by atoms with Gasteiger partial charge in [-0.1, -0.05) is 36.4 Å². The maximum absolute atomic E-state index is 13.2. The van der Waals surface area contributed by atoms with Crippen LogP contribution in [0.2, 0.25) is 0 Å². The molecule has 9 nitrogen and oxygen atoms in total. The van der Waals surface area contributed by atoms with Crippen molar-refractivity contribution < 1.29 is 9.53 Å². The van der Waals surface area contributed by atoms with Crippen molar-refractivity contribution >= 4 is 11.6 Å². The zero-order valence-electron chi connectivity index (χ0n) is 22.7. The van der Waals surface area contributed by atoms with Gasteiger partial charge in [0.1, 0.15) is 11.6 Å². The Balaban J connectivity index is 1.06. The molecule has 3 aliphatic rings. The van der Waals surface area contributed by atoms with Crippen molar-refractivity contribution in [3.05, 3.63) is 89.5 Å². The van der Waals surface area contributed by atoms with E-state index in [1.165, 1.54) is 36.9 Å². The van der Waals surface area contributed by atoms with E-state index in [9.17, 15) is 4.79 Å². The second kappa shape index (κ2) is 10.5. The molecule has 0 unspecified atom stereocenters. The fraction of sp³-hybridized carbons (Fsp3) is 0.419. The van der Waals surface area contributed by atoms with Crippen LogP contribution in [0, 0.1) is 5.41 Å². The van der Waals surface area contributed by atoms with Gasteiger partial charge < -0.3 is 19.5 Å². The van der Waals surface area contributed by atoms with Crippen LogP contribution < -0.4 is 10.2 Å². The standard InChI is InChI=1S/C31H35N7O2/c39-30(28-34-27(35-36-28)20-22-4-2-1-3-5-22)33-25-9-7-23-6-8-24(21-26(23)38-17-14-32-29(25)38)37-15-10-31(11-16-37)12-18-40-19-13-31/h1-6,8,14,17,21,25H,7,9-13,15-16,18-20H2,(H,33,39)(H,34,35,36)/t25-/m0/s1. The monoisotopic (exact) mass is 537 g/mol. The molecule has 7 rings (SSSR count). The summed E-state index contributed by atoms with van der Waals surface area (Å²) in [6.45, 7) is 3.98. The molecule has 2 N–H and O–H groups in total. The number of carbonyl (C=O) groups excluding carboxylic acids is 1. The van der Waals surface area contributed by atoms with Crippen molar-refractivity contribution in [2.24, 2.45) is 5.41 Å². The number of aromatic nitrogens is 5. The highest BCUT2D eigenvalue weighted by molar-refractivity contribution is 5.90. The van der Waals surface area contributed by atoms with Crippen LogP contribution in [-0.4, -0.2) is 56.9 Å². The molecule has 0 radical (unpaired) electrons. The zero-order valence-corrected chi connectivity index (χ0v) is 22.7. The van der Waals surface area contributed by atoms with E-state index < -0.39 is 0 Å². The molecular formula is C31H35N7O2. The molecule has 2 aromatic heterocycles. The van der Waals surface area contributed by atoms with Crippen molar-refractivity contribution in [3.8, 4) is 5.69 Å². The molecule has 5 heterocycles. The summed E-state index contributed by atoms with van der Waals surface area (Å²) in [6, 6.07) is 16.6. The number of piperidine rings is 1. The number of imidazole rings is 1. The van der Waals surface area contributed by atoms with Gasteiger partial charge in [-0.05, 0) is 67.2 Å². The number of ether oxygens (including phenoxy) is 1. The SMILES string of the molecule is O=C(N[C@H]1CCc2ccc(N3CCC4(CCOCC4)CC3)cc2-n2ccnc21)c1n[nH]c(Cc2ccccc2)n1. The fourth-order valence-corrected chi connectivity index (χ4v) is 6.56. The van der Waals surface area contributed by atoms with Gasteiger partial charge in [-0.15, -0.1) is 5.10 Å². The molecular weight excluding hydrogens is 502 g/mol. The van der Waals surface area contributed by atoms with Gasteiger partial charge in [0.05, 0.1) is 11.7 Å². The Kier molecular flexibility index (Phi) is 6.59. The summed E-state index contributed by atoms with van der Waals surface area (Å²) < 4.78 is 7.77. The van der Waals surface area contributed by atoms with Crippen LogP contribution in [0.3, 0.4) is 0 Å². The molecule has 0 aliphatic carbocycles. The smallest absolute Gasteiger partial charge is 0.291 e. The van der Waals surface area contributed by atoms with Gasteiger partial charge in [0.25, 0.3) is 5.91 Å². The summed E-state index contributed by atoms with van der Waals surface area (Å²) >= 11 is 0. The second-order valence-corrected chi connectivity index (χ2v) is 11.4. The Bertz CT molecular complexity index is 1480. The summed E-state index contributed by atoms with van der Waals surface area (Å²) in [5.74, 6) is 1.36. The number of anilines is 1. The lowest BCUT2D eigenvalue weighted by atomic mass is 9.72. The Morgan fingerprint density at radius 2 is 1.90 bits per heavy atom. The van der Waals surface area contributed by atoms with E-state index in [0.717, 1.165) is 56.2 Å². The van der Waals surface area contributed by atoms with Gasteiger partial charge in [-0.3, -0.25) is 9.89 Å². The molecule has 4 aromatic rings. The number of aromatic amines is 1. The summed E-state index contributed by atoms with van der Waals surface area (Å²) in [7, 11) is 0. The van der Waals surface area contributed by atoms with Crippen LogP contribution in [0.15, 0.2) is 60.9 Å². The predicted molar refractivity (Wildman–Crippen MR) is 152 cm³/mol. The normalized spacial score (nSPS) is 20.0. The molecule has 2 aromatic carbocycles. The zero-order chi connectivity index (χ0) is 26.9. The van der Waals surface area contributed by atoms with E-state index >= 15 is 0 Å². The number of H-pyrrole nitrogens is 1. The number of amides is 1. The topological polar surface area (TPSA) is 101 Å². The minimum absolute atomic E-state index is 0.153. The lowest BCUT2D eigenvalue weighted by Crippen LogP contribution is -2.43. The van der Waals surface area contributed by atoms with E-state index in [1.54, 1.807) is 0 Å². The molecule has 0 bridgehead atoms. The van der Waals surface area contributed by atoms with E-state index in [0.29, 0.717) is 17.7 Å². The van der Waals surface area contributed by atoms with Crippen molar-refractivity contribution in [1.82, 2.24) is 30.0 Å². The maximum atomic E-state index is 13.2. The minimum Gasteiger partial charge on any atom is -0.381 e. The van der Waals surface area contributed by atoms with Gasteiger partial charge in [0.15, 0.2) is 0 Å². The largest absolute Gasteiger partial charge is 0.381 e. The van der Waals surface area contributed by atoms with Crippen molar-refractivity contribution in [3.63, 3.8) is 0 Å². The second-order valence-electron chi connectivity index (χ2n) is 11.4. The first-order valence-corrected chi connectivity index (χ1v) is 14.4. The Labute approximate surface area is 234 Å². The number of hydrogen-bond acceptors (Lipinski definition) is 6. The molecule has 1 amide bonds. The highest BCUT2D eigenvalue weighted by Gasteiger charge is 2.36. The number of rotatable bonds is 5. The first kappa shape index (κ1) is 25.0. The number of aryl methyl sites for hydroxylation is 1. The first-order valence-electron chi connectivity index (χ1n) is 14.4. The van der Waals surface area contributed by atoms with Gasteiger partial charge in [-0.25, -0.2) is 9.97 Å². The number of fused-ring (bicyclic) bond motifs is 3. The predicted octanol–water partition coefficient (Wildman–Crippen LogP) is 4.40. The Morgan fingerprint density at radius 3 is 2.73 bits per heavy atom. The number of nitrogens with one attached hydrogen (secondary N) is 2. The number of carbonyl (C=O) groups is 1. The van der Waals surface area contributed by atoms with E-state index in [-0.39, 0.29) is 17.8 Å². The third-order valence-electron chi connectivity index (χ3n) is 9.01. The molecule has 1 spiro atoms. The van der Waals surface area contributed by atoms with Gasteiger partial charge in [0, 0.05) is 50.8 Å². The average molecular weight is 538 g/mol. The van der Waals surface area contributed by atoms with Crippen LogP contribution >= 0.6 is 0 Å². The maximum Gasteiger partial charge on any atom is 0.291 e. The van der Waals surface area contributed by atoms with Crippen LogP contribution in [0.25, 0.3) is 5.69 Å². The van der Waals surface area contributed by atoms with Crippen molar-refractivity contribution in [2.75, 3.05) is 31.2 Å². The average Bonchev–Trinajstić information content (AvgIpc) is 3.64. The first-order chi connectivity index (χ1) is 19.7. The minimum atomic E-state index is -0.294. The van der Waals surface area contributed by atoms with Crippen molar-refractivity contribution in [2.45, 2.75) is 51.0 Å². The highest BCUT2D eigenvalue weighted by atomic mass is 16.5. The van der Waals surface area contributed by atoms with Crippen molar-refractivity contribution in [1.29, 1.82) is 0 Å². The molecule has 0 saturated carbocycles. The Morgan fingerprint density at radius 1 is 1.07 bits per heavy atom.